The van der Waals surface area contributed by atoms with Gasteiger partial charge in [0.2, 0.25) is 0 Å². The van der Waals surface area contributed by atoms with Crippen LogP contribution in [0.5, 0.6) is 0 Å². The number of alkyl carbamates (subject to hydrolysis) is 1. The molecule has 140 valence electrons. The first kappa shape index (κ1) is 20.7. The van der Waals surface area contributed by atoms with Gasteiger partial charge in [0, 0.05) is 0 Å². The minimum absolute atomic E-state index is 0.163. The monoisotopic (exact) mass is 365 g/mol. The van der Waals surface area contributed by atoms with E-state index in [-0.39, 0.29) is 5.92 Å². The Labute approximate surface area is 143 Å². The Balaban J connectivity index is 2.67. The largest absolute Gasteiger partial charge is 0.467 e. The van der Waals surface area contributed by atoms with Gasteiger partial charge in [0.25, 0.3) is 10.1 Å². The summed E-state index contributed by atoms with van der Waals surface area (Å²) in [5.41, 5.74) is -0.675. The topological polar surface area (TPSA) is 108 Å². The lowest BCUT2D eigenvalue weighted by Crippen LogP contribution is -2.49. The Hall–Kier alpha value is -1.35. The standard InChI is InChI=1S/C15H27NO7S/c1-15(2,3)22-14(18)16-12(13(17)21-4)10-6-8-11(9-7-10)23-24(5,19)20/h10-12H,6-9H2,1-5H3,(H,16,18)/t10-,11-,12-/m1/s1. The summed E-state index contributed by atoms with van der Waals surface area (Å²) in [7, 11) is -2.25. The van der Waals surface area contributed by atoms with Gasteiger partial charge in [-0.1, -0.05) is 0 Å². The van der Waals surface area contributed by atoms with E-state index in [1.165, 1.54) is 7.11 Å². The highest BCUT2D eigenvalue weighted by Gasteiger charge is 2.36. The molecular formula is C15H27NO7S. The third kappa shape index (κ3) is 7.48. The van der Waals surface area contributed by atoms with Crippen LogP contribution in [-0.4, -0.2) is 51.6 Å². The van der Waals surface area contributed by atoms with Gasteiger partial charge in [-0.2, -0.15) is 8.42 Å². The van der Waals surface area contributed by atoms with Gasteiger partial charge in [0.1, 0.15) is 11.6 Å². The minimum Gasteiger partial charge on any atom is -0.467 e. The van der Waals surface area contributed by atoms with Crippen molar-refractivity contribution in [3.8, 4) is 0 Å². The average Bonchev–Trinajstić information content (AvgIpc) is 2.41. The lowest BCUT2D eigenvalue weighted by Gasteiger charge is -2.32. The van der Waals surface area contributed by atoms with Crippen LogP contribution in [0.25, 0.3) is 0 Å². The first-order valence-electron chi connectivity index (χ1n) is 7.87. The predicted octanol–water partition coefficient (Wildman–Crippen LogP) is 1.59. The van der Waals surface area contributed by atoms with Crippen LogP contribution in [0, 0.1) is 5.92 Å². The molecule has 0 heterocycles. The zero-order valence-corrected chi connectivity index (χ0v) is 15.6. The molecule has 0 saturated heterocycles. The summed E-state index contributed by atoms with van der Waals surface area (Å²) in [5.74, 6) is -0.710. The number of amides is 1. The summed E-state index contributed by atoms with van der Waals surface area (Å²) in [6.45, 7) is 5.19. The van der Waals surface area contributed by atoms with Crippen molar-refractivity contribution in [2.24, 2.45) is 5.92 Å². The van der Waals surface area contributed by atoms with Crippen molar-refractivity contribution in [1.29, 1.82) is 0 Å². The molecule has 1 N–H and O–H groups in total. The molecule has 0 unspecified atom stereocenters. The summed E-state index contributed by atoms with van der Waals surface area (Å²) >= 11 is 0. The molecule has 1 saturated carbocycles. The van der Waals surface area contributed by atoms with Crippen LogP contribution in [0.3, 0.4) is 0 Å². The normalized spacial score (nSPS) is 23.2. The van der Waals surface area contributed by atoms with Gasteiger partial charge in [-0.25, -0.2) is 9.59 Å². The van der Waals surface area contributed by atoms with E-state index in [2.05, 4.69) is 5.32 Å². The quantitative estimate of drug-likeness (QED) is 0.582. The van der Waals surface area contributed by atoms with Crippen LogP contribution in [-0.2, 0) is 28.6 Å². The summed E-state index contributed by atoms with van der Waals surface area (Å²) in [4.78, 5) is 23.9. The molecule has 1 rings (SSSR count). The molecule has 1 atom stereocenters. The number of rotatable bonds is 5. The van der Waals surface area contributed by atoms with Gasteiger partial charge in [0.15, 0.2) is 0 Å². The summed E-state index contributed by atoms with van der Waals surface area (Å²) in [6, 6.07) is -0.830. The Morgan fingerprint density at radius 1 is 1.12 bits per heavy atom. The van der Waals surface area contributed by atoms with Crippen LogP contribution in [0.15, 0.2) is 0 Å². The first-order chi connectivity index (χ1) is 10.9. The molecule has 9 heteroatoms. The maximum atomic E-state index is 12.0. The lowest BCUT2D eigenvalue weighted by molar-refractivity contribution is -0.145. The van der Waals surface area contributed by atoms with Gasteiger partial charge in [-0.15, -0.1) is 0 Å². The van der Waals surface area contributed by atoms with Crippen molar-refractivity contribution in [2.75, 3.05) is 13.4 Å². The molecule has 0 aromatic rings. The highest BCUT2D eigenvalue weighted by molar-refractivity contribution is 7.86. The summed E-state index contributed by atoms with van der Waals surface area (Å²) in [6.07, 6.45) is 1.98. The maximum Gasteiger partial charge on any atom is 0.408 e. The van der Waals surface area contributed by atoms with E-state index in [4.69, 9.17) is 13.7 Å². The highest BCUT2D eigenvalue weighted by atomic mass is 32.2. The molecule has 0 bridgehead atoms. The van der Waals surface area contributed by atoms with Crippen molar-refractivity contribution in [3.05, 3.63) is 0 Å². The van der Waals surface area contributed by atoms with E-state index in [1.807, 2.05) is 0 Å². The predicted molar refractivity (Wildman–Crippen MR) is 86.8 cm³/mol. The van der Waals surface area contributed by atoms with Crippen molar-refractivity contribution in [2.45, 2.75) is 64.2 Å². The van der Waals surface area contributed by atoms with Crippen molar-refractivity contribution >= 4 is 22.2 Å². The molecule has 1 amide bonds. The van der Waals surface area contributed by atoms with E-state index < -0.39 is 39.9 Å². The molecule has 0 spiro atoms. The fraction of sp³-hybridized carbons (Fsp3) is 0.867. The van der Waals surface area contributed by atoms with Crippen LogP contribution < -0.4 is 5.32 Å². The Morgan fingerprint density at radius 3 is 2.08 bits per heavy atom. The number of esters is 1. The second-order valence-corrected chi connectivity index (χ2v) is 8.58. The second-order valence-electron chi connectivity index (χ2n) is 6.98. The number of methoxy groups -OCH3 is 1. The number of hydrogen-bond donors (Lipinski definition) is 1. The number of hydrogen-bond acceptors (Lipinski definition) is 7. The van der Waals surface area contributed by atoms with Gasteiger partial charge in [0.05, 0.1) is 19.5 Å². The van der Waals surface area contributed by atoms with Gasteiger partial charge in [-0.05, 0) is 52.4 Å². The van der Waals surface area contributed by atoms with E-state index >= 15 is 0 Å². The van der Waals surface area contributed by atoms with Crippen molar-refractivity contribution < 1.29 is 31.7 Å². The van der Waals surface area contributed by atoms with Gasteiger partial charge >= 0.3 is 12.1 Å². The molecule has 1 aliphatic rings. The van der Waals surface area contributed by atoms with Crippen LogP contribution in [0.1, 0.15) is 46.5 Å². The van der Waals surface area contributed by atoms with Crippen LogP contribution in [0.2, 0.25) is 0 Å². The van der Waals surface area contributed by atoms with Crippen molar-refractivity contribution in [3.63, 3.8) is 0 Å². The summed E-state index contributed by atoms with van der Waals surface area (Å²) < 4.78 is 37.3. The highest BCUT2D eigenvalue weighted by Crippen LogP contribution is 2.30. The number of nitrogens with one attached hydrogen (secondary N) is 1. The van der Waals surface area contributed by atoms with Gasteiger partial charge in [-0.3, -0.25) is 4.18 Å². The van der Waals surface area contributed by atoms with Crippen LogP contribution in [0.4, 0.5) is 4.79 Å². The molecule has 0 aromatic carbocycles. The van der Waals surface area contributed by atoms with Crippen molar-refractivity contribution in [1.82, 2.24) is 5.32 Å². The zero-order valence-electron chi connectivity index (χ0n) is 14.8. The Kier molecular flexibility index (Phi) is 7.03. The number of ether oxygens (including phenoxy) is 2. The lowest BCUT2D eigenvalue weighted by atomic mass is 9.82. The Morgan fingerprint density at radius 2 is 1.67 bits per heavy atom. The Bertz CT molecular complexity index is 545. The molecule has 24 heavy (non-hydrogen) atoms. The zero-order chi connectivity index (χ0) is 18.5. The molecule has 8 nitrogen and oxygen atoms in total. The number of carbonyl (C=O) groups is 2. The third-order valence-corrected chi connectivity index (χ3v) is 4.25. The molecule has 0 aliphatic heterocycles. The molecule has 0 aromatic heterocycles. The fourth-order valence-electron chi connectivity index (χ4n) is 2.70. The second kappa shape index (κ2) is 8.15. The SMILES string of the molecule is COC(=O)[C@H](NC(=O)OC(C)(C)C)[C@H]1CC[C@H](OS(C)(=O)=O)CC1. The van der Waals surface area contributed by atoms with Gasteiger partial charge < -0.3 is 14.8 Å². The van der Waals surface area contributed by atoms with E-state index in [1.54, 1.807) is 20.8 Å². The third-order valence-electron chi connectivity index (χ3n) is 3.63. The molecule has 1 fully saturated rings. The van der Waals surface area contributed by atoms with E-state index in [0.717, 1.165) is 6.26 Å². The van der Waals surface area contributed by atoms with Crippen LogP contribution >= 0.6 is 0 Å². The maximum absolute atomic E-state index is 12.0. The number of carbonyl (C=O) groups excluding carboxylic acids is 2. The molecule has 0 radical (unpaired) electrons. The van der Waals surface area contributed by atoms with E-state index in [9.17, 15) is 18.0 Å². The summed E-state index contributed by atoms with van der Waals surface area (Å²) in [5, 5.41) is 2.56. The smallest absolute Gasteiger partial charge is 0.408 e. The fourth-order valence-corrected chi connectivity index (χ4v) is 3.38. The van der Waals surface area contributed by atoms with E-state index in [0.29, 0.717) is 25.7 Å². The first-order valence-corrected chi connectivity index (χ1v) is 9.68. The minimum atomic E-state index is -3.50. The molecular weight excluding hydrogens is 338 g/mol. The average molecular weight is 365 g/mol. The molecule has 1 aliphatic carbocycles.